The Balaban J connectivity index is 1.30. The van der Waals surface area contributed by atoms with E-state index in [0.29, 0.717) is 35.5 Å². The van der Waals surface area contributed by atoms with Gasteiger partial charge in [-0.15, -0.1) is 0 Å². The first kappa shape index (κ1) is 18.4. The second kappa shape index (κ2) is 6.56. The minimum atomic E-state index is -3.01. The Morgan fingerprint density at radius 2 is 1.30 bits per heavy atom. The van der Waals surface area contributed by atoms with Gasteiger partial charge < -0.3 is 10.6 Å². The SMILES string of the molecule is CC(F)(F)c1cccc(-c2nc(NC3CC4CC4C3)nc(NC3CC4CC4C3)n2)n1. The molecule has 30 heavy (non-hydrogen) atoms. The molecule has 2 heterocycles. The summed E-state index contributed by atoms with van der Waals surface area (Å²) in [5, 5.41) is 6.92. The number of anilines is 2. The second-order valence-corrected chi connectivity index (χ2v) is 9.74. The molecule has 2 N–H and O–H groups in total. The summed E-state index contributed by atoms with van der Waals surface area (Å²) >= 11 is 0. The zero-order chi connectivity index (χ0) is 20.5. The van der Waals surface area contributed by atoms with Crippen molar-refractivity contribution >= 4 is 11.9 Å². The van der Waals surface area contributed by atoms with Crippen LogP contribution in [0, 0.1) is 23.7 Å². The summed E-state index contributed by atoms with van der Waals surface area (Å²) in [6, 6.07) is 5.32. The van der Waals surface area contributed by atoms with E-state index in [1.54, 1.807) is 12.1 Å². The summed E-state index contributed by atoms with van der Waals surface area (Å²) in [4.78, 5) is 17.9. The van der Waals surface area contributed by atoms with Crippen LogP contribution in [-0.2, 0) is 5.92 Å². The van der Waals surface area contributed by atoms with E-state index in [1.165, 1.54) is 18.9 Å². The Morgan fingerprint density at radius 1 is 0.767 bits per heavy atom. The molecule has 6 nitrogen and oxygen atoms in total. The summed E-state index contributed by atoms with van der Waals surface area (Å²) in [5.74, 6) is 1.70. The molecule has 4 aliphatic carbocycles. The number of nitrogens with one attached hydrogen (secondary N) is 2. The van der Waals surface area contributed by atoms with Crippen LogP contribution >= 0.6 is 0 Å². The van der Waals surface area contributed by atoms with E-state index in [-0.39, 0.29) is 5.69 Å². The monoisotopic (exact) mass is 412 g/mol. The van der Waals surface area contributed by atoms with Crippen molar-refractivity contribution in [1.82, 2.24) is 19.9 Å². The van der Waals surface area contributed by atoms with Gasteiger partial charge >= 0.3 is 0 Å². The van der Waals surface area contributed by atoms with Gasteiger partial charge in [-0.3, -0.25) is 0 Å². The van der Waals surface area contributed by atoms with E-state index in [4.69, 9.17) is 0 Å². The molecular formula is C22H26F2N6. The number of hydrogen-bond donors (Lipinski definition) is 2. The lowest BCUT2D eigenvalue weighted by molar-refractivity contribution is 0.0129. The van der Waals surface area contributed by atoms with Gasteiger partial charge in [0.2, 0.25) is 11.9 Å². The fourth-order valence-electron chi connectivity index (χ4n) is 5.45. The highest BCUT2D eigenvalue weighted by molar-refractivity contribution is 5.54. The quantitative estimate of drug-likeness (QED) is 0.729. The maximum Gasteiger partial charge on any atom is 0.286 e. The molecule has 6 rings (SSSR count). The number of aromatic nitrogens is 4. The van der Waals surface area contributed by atoms with Gasteiger partial charge in [-0.2, -0.15) is 23.7 Å². The van der Waals surface area contributed by atoms with Crippen LogP contribution in [0.3, 0.4) is 0 Å². The van der Waals surface area contributed by atoms with E-state index in [0.717, 1.165) is 56.3 Å². The normalized spacial score (nSPS) is 33.7. The largest absolute Gasteiger partial charge is 0.351 e. The van der Waals surface area contributed by atoms with Crippen molar-refractivity contribution in [2.75, 3.05) is 10.6 Å². The van der Waals surface area contributed by atoms with E-state index in [1.807, 2.05) is 0 Å². The molecule has 8 heteroatoms. The first-order valence-corrected chi connectivity index (χ1v) is 11.1. The fourth-order valence-corrected chi connectivity index (χ4v) is 5.45. The summed E-state index contributed by atoms with van der Waals surface area (Å²) in [6.45, 7) is 0.851. The van der Waals surface area contributed by atoms with Crippen LogP contribution in [0.1, 0.15) is 51.1 Å². The van der Waals surface area contributed by atoms with Crippen LogP contribution < -0.4 is 10.6 Å². The summed E-state index contributed by atoms with van der Waals surface area (Å²) < 4.78 is 27.6. The molecule has 2 aromatic heterocycles. The first-order chi connectivity index (χ1) is 14.4. The minimum absolute atomic E-state index is 0.281. The van der Waals surface area contributed by atoms with Crippen molar-refractivity contribution in [3.05, 3.63) is 23.9 Å². The van der Waals surface area contributed by atoms with Crippen molar-refractivity contribution in [2.24, 2.45) is 23.7 Å². The van der Waals surface area contributed by atoms with Crippen molar-refractivity contribution in [1.29, 1.82) is 0 Å². The number of rotatable bonds is 6. The number of nitrogens with zero attached hydrogens (tertiary/aromatic N) is 4. The summed E-state index contributed by atoms with van der Waals surface area (Å²) in [6.07, 6.45) is 7.29. The molecule has 0 radical (unpaired) electrons. The van der Waals surface area contributed by atoms with Gasteiger partial charge in [-0.05, 0) is 74.3 Å². The Labute approximate surface area is 174 Å². The Bertz CT molecular complexity index is 910. The molecule has 4 fully saturated rings. The average molecular weight is 412 g/mol. The second-order valence-electron chi connectivity index (χ2n) is 9.74. The first-order valence-electron chi connectivity index (χ1n) is 11.1. The fraction of sp³-hybridized carbons (Fsp3) is 0.636. The lowest BCUT2D eigenvalue weighted by Gasteiger charge is -2.18. The average Bonchev–Trinajstić information content (AvgIpc) is 3.54. The molecule has 4 unspecified atom stereocenters. The Kier molecular flexibility index (Phi) is 4.02. The van der Waals surface area contributed by atoms with Crippen LogP contribution in [0.2, 0.25) is 0 Å². The zero-order valence-corrected chi connectivity index (χ0v) is 17.0. The summed E-state index contributed by atoms with van der Waals surface area (Å²) in [5.41, 5.74) is 0.0576. The molecule has 0 aromatic carbocycles. The maximum atomic E-state index is 13.8. The molecule has 4 atom stereocenters. The molecule has 0 bridgehead atoms. The molecule has 0 saturated heterocycles. The Hall–Kier alpha value is -2.38. The van der Waals surface area contributed by atoms with Crippen molar-refractivity contribution < 1.29 is 8.78 Å². The zero-order valence-electron chi connectivity index (χ0n) is 17.0. The highest BCUT2D eigenvalue weighted by atomic mass is 19.3. The van der Waals surface area contributed by atoms with E-state index in [2.05, 4.69) is 30.6 Å². The molecule has 2 aromatic rings. The topological polar surface area (TPSA) is 75.6 Å². The molecule has 4 saturated carbocycles. The third kappa shape index (κ3) is 3.61. The van der Waals surface area contributed by atoms with Crippen LogP contribution in [0.25, 0.3) is 11.5 Å². The van der Waals surface area contributed by atoms with Crippen LogP contribution in [0.5, 0.6) is 0 Å². The molecule has 4 aliphatic rings. The highest BCUT2D eigenvalue weighted by Gasteiger charge is 2.47. The third-order valence-electron chi connectivity index (χ3n) is 7.22. The lowest BCUT2D eigenvalue weighted by atomic mass is 10.1. The number of fused-ring (bicyclic) bond motifs is 2. The number of halogens is 2. The van der Waals surface area contributed by atoms with Gasteiger partial charge in [0, 0.05) is 19.0 Å². The molecule has 0 spiro atoms. The van der Waals surface area contributed by atoms with Crippen LogP contribution in [-0.4, -0.2) is 32.0 Å². The molecular weight excluding hydrogens is 386 g/mol. The van der Waals surface area contributed by atoms with Crippen LogP contribution in [0.4, 0.5) is 20.7 Å². The number of alkyl halides is 2. The van der Waals surface area contributed by atoms with E-state index < -0.39 is 5.92 Å². The van der Waals surface area contributed by atoms with E-state index in [9.17, 15) is 8.78 Å². The molecule has 0 amide bonds. The van der Waals surface area contributed by atoms with Crippen molar-refractivity contribution in [3.63, 3.8) is 0 Å². The lowest BCUT2D eigenvalue weighted by Crippen LogP contribution is -2.22. The summed E-state index contributed by atoms with van der Waals surface area (Å²) in [7, 11) is 0. The third-order valence-corrected chi connectivity index (χ3v) is 7.22. The van der Waals surface area contributed by atoms with Crippen molar-refractivity contribution in [2.45, 2.75) is 63.5 Å². The van der Waals surface area contributed by atoms with Crippen molar-refractivity contribution in [3.8, 4) is 11.5 Å². The van der Waals surface area contributed by atoms with Gasteiger partial charge in [0.25, 0.3) is 5.92 Å². The number of hydrogen-bond acceptors (Lipinski definition) is 6. The van der Waals surface area contributed by atoms with Gasteiger partial charge in [0.05, 0.1) is 0 Å². The standard InChI is InChI=1S/C22H26F2N6/c1-22(23,24)18-4-2-3-17(27-18)19-28-20(25-15-7-11-5-12(11)8-15)30-21(29-19)26-16-9-13-6-14(13)10-16/h2-4,11-16H,5-10H2,1H3,(H2,25,26,28,29,30). The van der Waals surface area contributed by atoms with Gasteiger partial charge in [0.15, 0.2) is 5.82 Å². The van der Waals surface area contributed by atoms with Crippen LogP contribution in [0.15, 0.2) is 18.2 Å². The minimum Gasteiger partial charge on any atom is -0.351 e. The molecule has 0 aliphatic heterocycles. The predicted octanol–water partition coefficient (Wildman–Crippen LogP) is 4.47. The maximum absolute atomic E-state index is 13.8. The van der Waals surface area contributed by atoms with Gasteiger partial charge in [-0.1, -0.05) is 6.07 Å². The highest BCUT2D eigenvalue weighted by Crippen LogP contribution is 2.53. The van der Waals surface area contributed by atoms with Gasteiger partial charge in [0.1, 0.15) is 11.4 Å². The molecule has 158 valence electrons. The number of pyridine rings is 1. The van der Waals surface area contributed by atoms with E-state index >= 15 is 0 Å². The predicted molar refractivity (Wildman–Crippen MR) is 109 cm³/mol. The van der Waals surface area contributed by atoms with Gasteiger partial charge in [-0.25, -0.2) is 4.98 Å². The smallest absolute Gasteiger partial charge is 0.286 e. The Morgan fingerprint density at radius 3 is 1.80 bits per heavy atom.